The SMILES string of the molecule is O=C(O)CN(c1ccc2c(ccn2-c2nc(Cl)nc3nc[nH]c23)c1)S(=O)(=O)c1cc(Cl)cc(Cl)c1. The smallest absolute Gasteiger partial charge is 0.324 e. The second-order valence-corrected chi connectivity index (χ2v) is 10.4. The molecule has 35 heavy (non-hydrogen) atoms. The summed E-state index contributed by atoms with van der Waals surface area (Å²) in [6, 6.07) is 10.2. The van der Waals surface area contributed by atoms with E-state index < -0.39 is 22.5 Å². The zero-order valence-electron chi connectivity index (χ0n) is 17.4. The Morgan fingerprint density at radius 3 is 2.51 bits per heavy atom. The highest BCUT2D eigenvalue weighted by Gasteiger charge is 2.28. The maximum absolute atomic E-state index is 13.4. The van der Waals surface area contributed by atoms with E-state index in [-0.39, 0.29) is 25.9 Å². The summed E-state index contributed by atoms with van der Waals surface area (Å²) >= 11 is 18.0. The van der Waals surface area contributed by atoms with E-state index in [2.05, 4.69) is 19.9 Å². The van der Waals surface area contributed by atoms with Crippen molar-refractivity contribution in [2.45, 2.75) is 4.90 Å². The topological polar surface area (TPSA) is 134 Å². The molecule has 0 saturated carbocycles. The summed E-state index contributed by atoms with van der Waals surface area (Å²) in [5.74, 6) is -0.888. The number of carboxylic acids is 1. The number of hydrogen-bond donors (Lipinski definition) is 2. The lowest BCUT2D eigenvalue weighted by molar-refractivity contribution is -0.135. The number of fused-ring (bicyclic) bond motifs is 2. The molecule has 5 rings (SSSR count). The van der Waals surface area contributed by atoms with Crippen molar-refractivity contribution in [1.82, 2.24) is 24.5 Å². The Bertz CT molecular complexity index is 1710. The average Bonchev–Trinajstić information content (AvgIpc) is 3.42. The Kier molecular flexibility index (Phi) is 5.80. The van der Waals surface area contributed by atoms with E-state index in [1.165, 1.54) is 30.6 Å². The van der Waals surface area contributed by atoms with Crippen LogP contribution in [-0.4, -0.2) is 50.5 Å². The maximum Gasteiger partial charge on any atom is 0.324 e. The maximum atomic E-state index is 13.4. The second kappa shape index (κ2) is 8.68. The van der Waals surface area contributed by atoms with Crippen molar-refractivity contribution in [3.05, 3.63) is 70.3 Å². The third kappa shape index (κ3) is 4.27. The van der Waals surface area contributed by atoms with Gasteiger partial charge in [-0.2, -0.15) is 9.97 Å². The van der Waals surface area contributed by atoms with Crippen LogP contribution >= 0.6 is 34.8 Å². The first kappa shape index (κ1) is 23.4. The molecular formula is C21H13Cl3N6O4S. The molecule has 5 aromatic rings. The molecule has 0 aliphatic carbocycles. The lowest BCUT2D eigenvalue weighted by atomic mass is 10.2. The van der Waals surface area contributed by atoms with Gasteiger partial charge >= 0.3 is 5.97 Å². The normalized spacial score (nSPS) is 11.9. The summed E-state index contributed by atoms with van der Waals surface area (Å²) < 4.78 is 29.3. The summed E-state index contributed by atoms with van der Waals surface area (Å²) in [5.41, 5.74) is 1.75. The molecule has 0 bridgehead atoms. The molecule has 0 aliphatic rings. The Morgan fingerprint density at radius 1 is 1.06 bits per heavy atom. The standard InChI is InChI=1S/C21H13Cl3N6O4S/c22-12-6-13(23)8-15(7-12)35(33,34)30(9-17(31)32)14-1-2-16-11(5-14)3-4-29(16)20-18-19(26-10-25-18)27-21(24)28-20/h1-8,10H,9H2,(H,31,32)(H,25,26,27,28). The number of halogens is 3. The molecule has 0 unspecified atom stereocenters. The molecule has 0 aliphatic heterocycles. The van der Waals surface area contributed by atoms with Crippen LogP contribution in [-0.2, 0) is 14.8 Å². The van der Waals surface area contributed by atoms with Gasteiger partial charge in [0.05, 0.1) is 22.4 Å². The minimum absolute atomic E-state index is 0.0111. The average molecular weight is 552 g/mol. The number of rotatable bonds is 6. The quantitative estimate of drug-likeness (QED) is 0.296. The number of aliphatic carboxylic acids is 1. The zero-order chi connectivity index (χ0) is 24.9. The lowest BCUT2D eigenvalue weighted by Crippen LogP contribution is -2.35. The first-order valence-corrected chi connectivity index (χ1v) is 12.4. The van der Waals surface area contributed by atoms with E-state index in [1.54, 1.807) is 29.0 Å². The van der Waals surface area contributed by atoms with E-state index in [4.69, 9.17) is 34.8 Å². The molecule has 0 atom stereocenters. The number of benzene rings is 2. The number of aromatic amines is 1. The van der Waals surface area contributed by atoms with Gasteiger partial charge in [-0.05, 0) is 54.1 Å². The fourth-order valence-corrected chi connectivity index (χ4v) is 5.97. The number of imidazole rings is 1. The third-order valence-corrected chi connectivity index (χ3v) is 7.49. The molecular weight excluding hydrogens is 539 g/mol. The largest absolute Gasteiger partial charge is 0.480 e. The monoisotopic (exact) mass is 550 g/mol. The molecule has 10 nitrogen and oxygen atoms in total. The third-order valence-electron chi connectivity index (χ3n) is 5.13. The highest BCUT2D eigenvalue weighted by molar-refractivity contribution is 7.92. The lowest BCUT2D eigenvalue weighted by Gasteiger charge is -2.23. The van der Waals surface area contributed by atoms with Crippen molar-refractivity contribution in [1.29, 1.82) is 0 Å². The fourth-order valence-electron chi connectivity index (χ4n) is 3.68. The number of hydrogen-bond acceptors (Lipinski definition) is 6. The number of carbonyl (C=O) groups is 1. The summed E-state index contributed by atoms with van der Waals surface area (Å²) in [4.78, 5) is 26.8. The molecule has 0 spiro atoms. The van der Waals surface area contributed by atoms with E-state index in [0.717, 1.165) is 4.31 Å². The first-order valence-electron chi connectivity index (χ1n) is 9.82. The van der Waals surface area contributed by atoms with Crippen LogP contribution in [0.3, 0.4) is 0 Å². The van der Waals surface area contributed by atoms with E-state index in [1.807, 2.05) is 0 Å². The Hall–Kier alpha value is -3.38. The van der Waals surface area contributed by atoms with Crippen molar-refractivity contribution in [3.8, 4) is 5.82 Å². The van der Waals surface area contributed by atoms with Gasteiger partial charge in [-0.3, -0.25) is 13.7 Å². The van der Waals surface area contributed by atoms with Gasteiger partial charge in [0.1, 0.15) is 12.1 Å². The van der Waals surface area contributed by atoms with Gasteiger partial charge in [0.15, 0.2) is 11.5 Å². The molecule has 3 heterocycles. The van der Waals surface area contributed by atoms with Gasteiger partial charge in [0, 0.05) is 21.6 Å². The Labute approximate surface area is 212 Å². The van der Waals surface area contributed by atoms with Crippen molar-refractivity contribution in [2.24, 2.45) is 0 Å². The number of nitrogens with one attached hydrogen (secondary N) is 1. The summed E-state index contributed by atoms with van der Waals surface area (Å²) in [6.45, 7) is -0.811. The highest BCUT2D eigenvalue weighted by atomic mass is 35.5. The van der Waals surface area contributed by atoms with E-state index in [0.29, 0.717) is 27.9 Å². The van der Waals surface area contributed by atoms with Gasteiger partial charge in [-0.1, -0.05) is 23.2 Å². The van der Waals surface area contributed by atoms with Crippen molar-refractivity contribution in [3.63, 3.8) is 0 Å². The number of carboxylic acid groups (broad SMARTS) is 1. The zero-order valence-corrected chi connectivity index (χ0v) is 20.4. The predicted molar refractivity (Wildman–Crippen MR) is 132 cm³/mol. The van der Waals surface area contributed by atoms with Crippen molar-refractivity contribution < 1.29 is 18.3 Å². The number of sulfonamides is 1. The van der Waals surface area contributed by atoms with Gasteiger partial charge < -0.3 is 10.1 Å². The number of H-pyrrole nitrogens is 1. The molecule has 2 N–H and O–H groups in total. The highest BCUT2D eigenvalue weighted by Crippen LogP contribution is 2.32. The van der Waals surface area contributed by atoms with E-state index in [9.17, 15) is 18.3 Å². The summed E-state index contributed by atoms with van der Waals surface area (Å²) in [6.07, 6.45) is 3.19. The number of aromatic nitrogens is 5. The molecule has 0 amide bonds. The minimum atomic E-state index is -4.31. The number of nitrogens with zero attached hydrogens (tertiary/aromatic N) is 5. The fraction of sp³-hybridized carbons (Fsp3) is 0.0476. The predicted octanol–water partition coefficient (Wildman–Crippen LogP) is 4.54. The second-order valence-electron chi connectivity index (χ2n) is 7.36. The first-order chi connectivity index (χ1) is 16.6. The van der Waals surface area contributed by atoms with Crippen molar-refractivity contribution in [2.75, 3.05) is 10.8 Å². The Morgan fingerprint density at radius 2 is 1.80 bits per heavy atom. The van der Waals surface area contributed by atoms with Crippen LogP contribution in [0.15, 0.2) is 59.9 Å². The minimum Gasteiger partial charge on any atom is -0.480 e. The summed E-state index contributed by atoms with van der Waals surface area (Å²) in [7, 11) is -4.31. The van der Waals surface area contributed by atoms with Gasteiger partial charge in [-0.25, -0.2) is 13.4 Å². The van der Waals surface area contributed by atoms with Gasteiger partial charge in [0.2, 0.25) is 5.28 Å². The van der Waals surface area contributed by atoms with Gasteiger partial charge in [-0.15, -0.1) is 0 Å². The van der Waals surface area contributed by atoms with Crippen molar-refractivity contribution >= 4 is 78.5 Å². The molecule has 0 fully saturated rings. The molecule has 178 valence electrons. The van der Waals surface area contributed by atoms with Crippen LogP contribution in [0.5, 0.6) is 0 Å². The van der Waals surface area contributed by atoms with Crippen LogP contribution in [0.4, 0.5) is 5.69 Å². The van der Waals surface area contributed by atoms with Crippen LogP contribution in [0.2, 0.25) is 15.3 Å². The Balaban J connectivity index is 1.63. The number of anilines is 1. The molecule has 0 saturated heterocycles. The molecule has 14 heteroatoms. The van der Waals surface area contributed by atoms with Crippen LogP contribution in [0, 0.1) is 0 Å². The molecule has 2 aromatic carbocycles. The van der Waals surface area contributed by atoms with Gasteiger partial charge in [0.25, 0.3) is 10.0 Å². The van der Waals surface area contributed by atoms with Crippen LogP contribution < -0.4 is 4.31 Å². The van der Waals surface area contributed by atoms with Crippen LogP contribution in [0.1, 0.15) is 0 Å². The molecule has 3 aromatic heterocycles. The van der Waals surface area contributed by atoms with E-state index >= 15 is 0 Å². The molecule has 0 radical (unpaired) electrons. The van der Waals surface area contributed by atoms with Crippen LogP contribution in [0.25, 0.3) is 27.9 Å². The summed E-state index contributed by atoms with van der Waals surface area (Å²) in [5, 5.41) is 10.3.